The molecule has 2 rings (SSSR count). The maximum atomic E-state index is 12.4. The third-order valence-corrected chi connectivity index (χ3v) is 4.73. The molecule has 0 aliphatic heterocycles. The van der Waals surface area contributed by atoms with Crippen LogP contribution in [0.2, 0.25) is 5.02 Å². The van der Waals surface area contributed by atoms with E-state index in [2.05, 4.69) is 0 Å². The Morgan fingerprint density at radius 2 is 1.74 bits per heavy atom. The minimum atomic E-state index is -3.62. The van der Waals surface area contributed by atoms with Gasteiger partial charge in [-0.1, -0.05) is 17.7 Å². The number of sulfonamides is 1. The second-order valence-electron chi connectivity index (χ2n) is 4.02. The van der Waals surface area contributed by atoms with Crippen LogP contribution in [0, 0.1) is 0 Å². The molecule has 4 nitrogen and oxygen atoms in total. The molecule has 0 aliphatic rings. The highest BCUT2D eigenvalue weighted by Crippen LogP contribution is 2.24. The number of nitrogens with zero attached hydrogens (tertiary/aromatic N) is 1. The molecule has 0 aliphatic carbocycles. The van der Waals surface area contributed by atoms with E-state index < -0.39 is 10.0 Å². The van der Waals surface area contributed by atoms with Gasteiger partial charge in [0.2, 0.25) is 0 Å². The largest absolute Gasteiger partial charge is 0.399 e. The Morgan fingerprint density at radius 3 is 2.32 bits per heavy atom. The van der Waals surface area contributed by atoms with Gasteiger partial charge in [-0.05, 0) is 42.5 Å². The van der Waals surface area contributed by atoms with Gasteiger partial charge in [-0.2, -0.15) is 0 Å². The number of hydrogen-bond donors (Lipinski definition) is 1. The second kappa shape index (κ2) is 5.11. The quantitative estimate of drug-likeness (QED) is 0.886. The molecule has 0 atom stereocenters. The monoisotopic (exact) mass is 296 g/mol. The zero-order valence-electron chi connectivity index (χ0n) is 10.2. The number of benzene rings is 2. The summed E-state index contributed by atoms with van der Waals surface area (Å²) in [6, 6.07) is 12.8. The van der Waals surface area contributed by atoms with Gasteiger partial charge >= 0.3 is 0 Å². The van der Waals surface area contributed by atoms with E-state index >= 15 is 0 Å². The molecule has 6 heteroatoms. The molecule has 19 heavy (non-hydrogen) atoms. The summed E-state index contributed by atoms with van der Waals surface area (Å²) < 4.78 is 26.0. The first-order valence-electron chi connectivity index (χ1n) is 5.51. The molecule has 0 spiro atoms. The summed E-state index contributed by atoms with van der Waals surface area (Å²) in [5.41, 5.74) is 6.70. The zero-order chi connectivity index (χ0) is 14.0. The summed E-state index contributed by atoms with van der Waals surface area (Å²) in [6.07, 6.45) is 0. The van der Waals surface area contributed by atoms with E-state index in [4.69, 9.17) is 17.3 Å². The summed E-state index contributed by atoms with van der Waals surface area (Å²) in [5, 5.41) is 0.381. The number of rotatable bonds is 3. The van der Waals surface area contributed by atoms with E-state index in [1.807, 2.05) is 0 Å². The van der Waals surface area contributed by atoms with Gasteiger partial charge in [0.25, 0.3) is 10.0 Å². The van der Waals surface area contributed by atoms with Gasteiger partial charge in [0.1, 0.15) is 0 Å². The lowest BCUT2D eigenvalue weighted by atomic mass is 10.3. The van der Waals surface area contributed by atoms with Gasteiger partial charge in [0.15, 0.2) is 0 Å². The second-order valence-corrected chi connectivity index (χ2v) is 6.43. The Morgan fingerprint density at radius 1 is 1.11 bits per heavy atom. The van der Waals surface area contributed by atoms with Gasteiger partial charge in [-0.3, -0.25) is 4.31 Å². The van der Waals surface area contributed by atoms with E-state index in [0.717, 1.165) is 0 Å². The van der Waals surface area contributed by atoms with E-state index in [-0.39, 0.29) is 4.90 Å². The lowest BCUT2D eigenvalue weighted by molar-refractivity contribution is 0.594. The fourth-order valence-corrected chi connectivity index (χ4v) is 3.11. The lowest BCUT2D eigenvalue weighted by Crippen LogP contribution is -2.26. The van der Waals surface area contributed by atoms with Crippen molar-refractivity contribution in [2.75, 3.05) is 17.1 Å². The SMILES string of the molecule is CN(c1ccc(N)cc1)S(=O)(=O)c1cccc(Cl)c1. The van der Waals surface area contributed by atoms with E-state index in [9.17, 15) is 8.42 Å². The minimum absolute atomic E-state index is 0.152. The summed E-state index contributed by atoms with van der Waals surface area (Å²) in [5.74, 6) is 0. The van der Waals surface area contributed by atoms with E-state index in [1.54, 1.807) is 36.4 Å². The van der Waals surface area contributed by atoms with Crippen LogP contribution in [0.5, 0.6) is 0 Å². The predicted octanol–water partition coefficient (Wildman–Crippen LogP) is 2.75. The van der Waals surface area contributed by atoms with Crippen LogP contribution in [-0.2, 0) is 10.0 Å². The fourth-order valence-electron chi connectivity index (χ4n) is 1.61. The molecule has 0 unspecified atom stereocenters. The summed E-state index contributed by atoms with van der Waals surface area (Å²) in [7, 11) is -2.13. The van der Waals surface area contributed by atoms with Crippen LogP contribution in [0.25, 0.3) is 0 Å². The number of halogens is 1. The summed E-state index contributed by atoms with van der Waals surface area (Å²) in [4.78, 5) is 0.152. The van der Waals surface area contributed by atoms with Gasteiger partial charge < -0.3 is 5.73 Å². The minimum Gasteiger partial charge on any atom is -0.399 e. The molecule has 0 bridgehead atoms. The molecule has 100 valence electrons. The summed E-state index contributed by atoms with van der Waals surface area (Å²) >= 11 is 5.82. The molecular formula is C13H13ClN2O2S. The molecule has 2 aromatic carbocycles. The predicted molar refractivity (Wildman–Crippen MR) is 77.9 cm³/mol. The van der Waals surface area contributed by atoms with Crippen molar-refractivity contribution in [3.05, 3.63) is 53.6 Å². The van der Waals surface area contributed by atoms with Gasteiger partial charge in [-0.15, -0.1) is 0 Å². The van der Waals surface area contributed by atoms with E-state index in [1.165, 1.54) is 23.5 Å². The van der Waals surface area contributed by atoms with Crippen LogP contribution in [0.1, 0.15) is 0 Å². The Bertz CT molecular complexity index is 684. The molecule has 2 N–H and O–H groups in total. The molecule has 2 aromatic rings. The Kier molecular flexibility index (Phi) is 3.68. The van der Waals surface area contributed by atoms with Gasteiger partial charge in [0.05, 0.1) is 10.6 Å². The van der Waals surface area contributed by atoms with Crippen LogP contribution in [0.15, 0.2) is 53.4 Å². The molecule has 0 fully saturated rings. The topological polar surface area (TPSA) is 63.4 Å². The fraction of sp³-hybridized carbons (Fsp3) is 0.0769. The third kappa shape index (κ3) is 2.83. The average molecular weight is 297 g/mol. The molecule has 0 saturated heterocycles. The van der Waals surface area contributed by atoms with Crippen LogP contribution in [0.3, 0.4) is 0 Å². The maximum Gasteiger partial charge on any atom is 0.264 e. The summed E-state index contributed by atoms with van der Waals surface area (Å²) in [6.45, 7) is 0. The Balaban J connectivity index is 2.42. The Hall–Kier alpha value is -1.72. The molecule has 0 radical (unpaired) electrons. The first-order chi connectivity index (χ1) is 8.91. The van der Waals surface area contributed by atoms with Crippen molar-refractivity contribution in [3.8, 4) is 0 Å². The highest BCUT2D eigenvalue weighted by Gasteiger charge is 2.21. The smallest absolute Gasteiger partial charge is 0.264 e. The van der Waals surface area contributed by atoms with Crippen LogP contribution in [-0.4, -0.2) is 15.5 Å². The normalized spacial score (nSPS) is 11.3. The zero-order valence-corrected chi connectivity index (χ0v) is 11.8. The highest BCUT2D eigenvalue weighted by molar-refractivity contribution is 7.92. The van der Waals surface area contributed by atoms with Crippen LogP contribution < -0.4 is 10.0 Å². The molecule has 0 saturated carbocycles. The Labute approximate surface area is 117 Å². The molecule has 0 amide bonds. The average Bonchev–Trinajstić information content (AvgIpc) is 2.39. The third-order valence-electron chi connectivity index (χ3n) is 2.71. The molecule has 0 aromatic heterocycles. The van der Waals surface area contributed by atoms with Crippen molar-refractivity contribution in [1.82, 2.24) is 0 Å². The van der Waals surface area contributed by atoms with Gasteiger partial charge in [-0.25, -0.2) is 8.42 Å². The van der Waals surface area contributed by atoms with E-state index in [0.29, 0.717) is 16.4 Å². The highest BCUT2D eigenvalue weighted by atomic mass is 35.5. The number of nitrogens with two attached hydrogens (primary N) is 1. The number of anilines is 2. The van der Waals surface area contributed by atoms with Crippen LogP contribution >= 0.6 is 11.6 Å². The molecular weight excluding hydrogens is 284 g/mol. The number of nitrogen functional groups attached to an aromatic ring is 1. The van der Waals surface area contributed by atoms with Gasteiger partial charge in [0, 0.05) is 17.8 Å². The van der Waals surface area contributed by atoms with Crippen LogP contribution in [0.4, 0.5) is 11.4 Å². The van der Waals surface area contributed by atoms with Crippen molar-refractivity contribution in [2.45, 2.75) is 4.90 Å². The van der Waals surface area contributed by atoms with Crippen molar-refractivity contribution in [3.63, 3.8) is 0 Å². The standard InChI is InChI=1S/C13H13ClN2O2S/c1-16(12-7-5-11(15)6-8-12)19(17,18)13-4-2-3-10(14)9-13/h2-9H,15H2,1H3. The maximum absolute atomic E-state index is 12.4. The van der Waals surface area contributed by atoms with Crippen molar-refractivity contribution >= 4 is 33.0 Å². The van der Waals surface area contributed by atoms with Crippen molar-refractivity contribution in [2.24, 2.45) is 0 Å². The first kappa shape index (κ1) is 13.7. The van der Waals surface area contributed by atoms with Crippen molar-refractivity contribution < 1.29 is 8.42 Å². The lowest BCUT2D eigenvalue weighted by Gasteiger charge is -2.19. The van der Waals surface area contributed by atoms with Crippen molar-refractivity contribution in [1.29, 1.82) is 0 Å². The first-order valence-corrected chi connectivity index (χ1v) is 7.33. The number of hydrogen-bond acceptors (Lipinski definition) is 3. The molecule has 0 heterocycles.